The summed E-state index contributed by atoms with van der Waals surface area (Å²) in [6, 6.07) is 7.67. The van der Waals surface area contributed by atoms with Gasteiger partial charge in [0.05, 0.1) is 19.2 Å². The van der Waals surface area contributed by atoms with Crippen molar-refractivity contribution >= 4 is 5.91 Å². The Morgan fingerprint density at radius 2 is 2.30 bits per heavy atom. The number of aromatic nitrogens is 4. The summed E-state index contributed by atoms with van der Waals surface area (Å²) in [6.07, 6.45) is 3.99. The van der Waals surface area contributed by atoms with Gasteiger partial charge in [-0.3, -0.25) is 9.48 Å². The molecule has 0 saturated carbocycles. The molecule has 8 nitrogen and oxygen atoms in total. The number of fused-ring (bicyclic) bond motifs is 1. The number of hydrogen-bond acceptors (Lipinski definition) is 6. The Morgan fingerprint density at radius 1 is 1.41 bits per heavy atom. The number of aliphatic hydroxyl groups is 1. The Hall–Kier alpha value is -3.00. The molecule has 0 bridgehead atoms. The molecule has 8 heteroatoms. The summed E-state index contributed by atoms with van der Waals surface area (Å²) in [4.78, 5) is 17.0. The molecule has 1 amide bonds. The van der Waals surface area contributed by atoms with E-state index in [2.05, 4.69) is 26.6 Å². The molecule has 1 aromatic carbocycles. The minimum absolute atomic E-state index is 0.0458. The Morgan fingerprint density at radius 3 is 3.07 bits per heavy atom. The van der Waals surface area contributed by atoms with Gasteiger partial charge in [0.15, 0.2) is 0 Å². The predicted molar refractivity (Wildman–Crippen MR) is 97.0 cm³/mol. The molecule has 2 heterocycles. The average Bonchev–Trinajstić information content (AvgIpc) is 3.41. The normalized spacial score (nSPS) is 15.7. The Balaban J connectivity index is 1.52. The molecule has 0 spiro atoms. The number of carbonyl (C=O) groups excluding carboxylic acids is 1. The lowest BCUT2D eigenvalue weighted by atomic mass is 10.0. The molecule has 1 unspecified atom stereocenters. The van der Waals surface area contributed by atoms with Gasteiger partial charge in [0.25, 0.3) is 5.91 Å². The van der Waals surface area contributed by atoms with Gasteiger partial charge in [-0.15, -0.1) is 0 Å². The van der Waals surface area contributed by atoms with Crippen molar-refractivity contribution < 1.29 is 14.4 Å². The second kappa shape index (κ2) is 7.32. The van der Waals surface area contributed by atoms with Crippen LogP contribution in [0.4, 0.5) is 0 Å². The molecule has 0 aliphatic heterocycles. The van der Waals surface area contributed by atoms with E-state index >= 15 is 0 Å². The van der Waals surface area contributed by atoms with Gasteiger partial charge in [0.2, 0.25) is 11.7 Å². The highest BCUT2D eigenvalue weighted by Gasteiger charge is 2.26. The fourth-order valence-electron chi connectivity index (χ4n) is 3.45. The van der Waals surface area contributed by atoms with E-state index in [1.54, 1.807) is 12.3 Å². The lowest BCUT2D eigenvalue weighted by molar-refractivity contribution is 0.0924. The molecule has 1 atom stereocenters. The van der Waals surface area contributed by atoms with Crippen LogP contribution in [0.1, 0.15) is 46.9 Å². The lowest BCUT2D eigenvalue weighted by Gasteiger charge is -2.15. The Labute approximate surface area is 156 Å². The minimum Gasteiger partial charge on any atom is -0.394 e. The number of nitrogens with one attached hydrogen (secondary N) is 1. The van der Waals surface area contributed by atoms with E-state index in [0.29, 0.717) is 30.4 Å². The van der Waals surface area contributed by atoms with Crippen LogP contribution in [-0.2, 0) is 19.4 Å². The maximum absolute atomic E-state index is 12.6. The Kier molecular flexibility index (Phi) is 4.72. The predicted octanol–water partition coefficient (Wildman–Crippen LogP) is 1.91. The summed E-state index contributed by atoms with van der Waals surface area (Å²) >= 11 is 0. The molecule has 0 saturated heterocycles. The molecule has 4 rings (SSSR count). The van der Waals surface area contributed by atoms with Gasteiger partial charge >= 0.3 is 0 Å². The fraction of sp³-hybridized carbons (Fsp3) is 0.368. The van der Waals surface area contributed by atoms with Crippen molar-refractivity contribution in [3.05, 3.63) is 53.2 Å². The van der Waals surface area contributed by atoms with Crippen molar-refractivity contribution in [1.29, 1.82) is 0 Å². The average molecular weight is 367 g/mol. The third-order valence-corrected chi connectivity index (χ3v) is 4.82. The van der Waals surface area contributed by atoms with Crippen LogP contribution in [0.5, 0.6) is 0 Å². The van der Waals surface area contributed by atoms with Crippen LogP contribution in [0.15, 0.2) is 35.0 Å². The zero-order valence-corrected chi connectivity index (χ0v) is 15.1. The van der Waals surface area contributed by atoms with Crippen LogP contribution in [0.2, 0.25) is 0 Å². The van der Waals surface area contributed by atoms with Crippen LogP contribution in [0.25, 0.3) is 11.4 Å². The van der Waals surface area contributed by atoms with E-state index in [0.717, 1.165) is 24.0 Å². The van der Waals surface area contributed by atoms with Gasteiger partial charge in [0.1, 0.15) is 5.69 Å². The van der Waals surface area contributed by atoms with Crippen LogP contribution in [0.3, 0.4) is 0 Å². The highest BCUT2D eigenvalue weighted by atomic mass is 16.5. The van der Waals surface area contributed by atoms with Gasteiger partial charge in [-0.05, 0) is 36.1 Å². The molecule has 1 aliphatic rings. The van der Waals surface area contributed by atoms with Gasteiger partial charge in [-0.25, -0.2) is 0 Å². The number of hydrogen-bond donors (Lipinski definition) is 2. The van der Waals surface area contributed by atoms with E-state index in [1.807, 2.05) is 19.1 Å². The van der Waals surface area contributed by atoms with Crippen molar-refractivity contribution in [2.75, 3.05) is 6.61 Å². The summed E-state index contributed by atoms with van der Waals surface area (Å²) < 4.78 is 6.70. The molecular weight excluding hydrogens is 346 g/mol. The van der Waals surface area contributed by atoms with Crippen LogP contribution in [0, 0.1) is 0 Å². The third kappa shape index (κ3) is 3.35. The smallest absolute Gasteiger partial charge is 0.270 e. The number of aliphatic hydroxyl groups excluding tert-OH is 1. The summed E-state index contributed by atoms with van der Waals surface area (Å²) in [7, 11) is 0. The number of nitrogens with zero attached hydrogens (tertiary/aromatic N) is 4. The van der Waals surface area contributed by atoms with E-state index in [9.17, 15) is 4.79 Å². The van der Waals surface area contributed by atoms with Crippen LogP contribution < -0.4 is 5.32 Å². The zero-order valence-electron chi connectivity index (χ0n) is 15.1. The monoisotopic (exact) mass is 367 g/mol. The van der Waals surface area contributed by atoms with Crippen molar-refractivity contribution in [1.82, 2.24) is 25.2 Å². The van der Waals surface area contributed by atoms with Crippen LogP contribution >= 0.6 is 0 Å². The first-order valence-electron chi connectivity index (χ1n) is 9.09. The number of aryl methyl sites for hydroxylation is 2. The SMILES string of the molecule is CCc1nc(-c2ccc3c(c2)CCC3NC(=O)c2ccnn2CCO)no1. The maximum atomic E-state index is 12.6. The van der Waals surface area contributed by atoms with E-state index < -0.39 is 0 Å². The van der Waals surface area contributed by atoms with Gasteiger partial charge in [-0.2, -0.15) is 10.1 Å². The fourth-order valence-corrected chi connectivity index (χ4v) is 3.45. The largest absolute Gasteiger partial charge is 0.394 e. The number of carbonyl (C=O) groups is 1. The van der Waals surface area contributed by atoms with Crippen molar-refractivity contribution in [3.8, 4) is 11.4 Å². The maximum Gasteiger partial charge on any atom is 0.270 e. The highest BCUT2D eigenvalue weighted by Crippen LogP contribution is 2.34. The molecule has 0 fully saturated rings. The molecule has 0 radical (unpaired) electrons. The standard InChI is InChI=1S/C19H21N5O3/c1-2-17-22-18(23-27-17)13-3-5-14-12(11-13)4-6-15(14)21-19(26)16-7-8-20-24(16)9-10-25/h3,5,7-8,11,15,25H,2,4,6,9-10H2,1H3,(H,21,26). The van der Waals surface area contributed by atoms with E-state index in [-0.39, 0.29) is 18.6 Å². The molecule has 2 N–H and O–H groups in total. The second-order valence-electron chi connectivity index (χ2n) is 6.51. The van der Waals surface area contributed by atoms with Gasteiger partial charge in [-0.1, -0.05) is 24.2 Å². The van der Waals surface area contributed by atoms with Crippen LogP contribution in [-0.4, -0.2) is 37.5 Å². The minimum atomic E-state index is -0.186. The van der Waals surface area contributed by atoms with E-state index in [1.165, 1.54) is 10.2 Å². The molecular formula is C19H21N5O3. The highest BCUT2D eigenvalue weighted by molar-refractivity contribution is 5.92. The van der Waals surface area contributed by atoms with Gasteiger partial charge in [0, 0.05) is 18.2 Å². The van der Waals surface area contributed by atoms with Crippen molar-refractivity contribution in [2.45, 2.75) is 38.8 Å². The first kappa shape index (κ1) is 17.4. The first-order valence-corrected chi connectivity index (χ1v) is 9.09. The lowest BCUT2D eigenvalue weighted by Crippen LogP contribution is -2.29. The summed E-state index contributed by atoms with van der Waals surface area (Å²) in [5, 5.41) is 20.3. The van der Waals surface area contributed by atoms with Gasteiger partial charge < -0.3 is 14.9 Å². The second-order valence-corrected chi connectivity index (χ2v) is 6.51. The zero-order chi connectivity index (χ0) is 18.8. The number of amides is 1. The molecule has 3 aromatic rings. The Bertz CT molecular complexity index is 962. The molecule has 27 heavy (non-hydrogen) atoms. The molecule has 1 aliphatic carbocycles. The summed E-state index contributed by atoms with van der Waals surface area (Å²) in [5.74, 6) is 1.03. The molecule has 140 valence electrons. The third-order valence-electron chi connectivity index (χ3n) is 4.82. The quantitative estimate of drug-likeness (QED) is 0.689. The number of benzene rings is 1. The topological polar surface area (TPSA) is 106 Å². The first-order chi connectivity index (χ1) is 13.2. The van der Waals surface area contributed by atoms with E-state index in [4.69, 9.17) is 9.63 Å². The molecule has 2 aromatic heterocycles. The summed E-state index contributed by atoms with van der Waals surface area (Å²) in [6.45, 7) is 2.21. The number of rotatable bonds is 6. The summed E-state index contributed by atoms with van der Waals surface area (Å²) in [5.41, 5.74) is 3.67. The van der Waals surface area contributed by atoms with Crippen molar-refractivity contribution in [3.63, 3.8) is 0 Å². The van der Waals surface area contributed by atoms with Crippen molar-refractivity contribution in [2.24, 2.45) is 0 Å².